The first-order valence-electron chi connectivity index (χ1n) is 3.98. The molecule has 1 N–H and O–H groups in total. The summed E-state index contributed by atoms with van der Waals surface area (Å²) < 4.78 is 2.15. The third-order valence-corrected chi connectivity index (χ3v) is 3.85. The van der Waals surface area contributed by atoms with E-state index in [-0.39, 0.29) is 0 Å². The maximum absolute atomic E-state index is 9.32. The number of benzene rings is 1. The van der Waals surface area contributed by atoms with Crippen LogP contribution in [0.5, 0.6) is 5.06 Å². The van der Waals surface area contributed by atoms with Crippen molar-refractivity contribution in [2.24, 2.45) is 0 Å². The van der Waals surface area contributed by atoms with Gasteiger partial charge in [-0.05, 0) is 51.7 Å². The van der Waals surface area contributed by atoms with Gasteiger partial charge in [0.1, 0.15) is 0 Å². The summed E-state index contributed by atoms with van der Waals surface area (Å²) in [5.74, 6) is 0. The lowest BCUT2D eigenvalue weighted by Crippen LogP contribution is -1.85. The Hall–Kier alpha value is -0.800. The van der Waals surface area contributed by atoms with Gasteiger partial charge in [0, 0.05) is 8.27 Å². The van der Waals surface area contributed by atoms with Crippen LogP contribution >= 0.6 is 33.9 Å². The number of hydrogen-bond donors (Lipinski definition) is 1. The number of halogens is 1. The highest BCUT2D eigenvalue weighted by molar-refractivity contribution is 14.1. The van der Waals surface area contributed by atoms with Crippen LogP contribution < -0.4 is 0 Å². The van der Waals surface area contributed by atoms with Crippen LogP contribution in [0.15, 0.2) is 18.2 Å². The summed E-state index contributed by atoms with van der Waals surface area (Å²) in [4.78, 5) is 0. The van der Waals surface area contributed by atoms with Gasteiger partial charge < -0.3 is 5.11 Å². The minimum Gasteiger partial charge on any atom is -0.499 e. The van der Waals surface area contributed by atoms with E-state index in [1.54, 1.807) is 6.07 Å². The molecule has 2 rings (SSSR count). The molecule has 0 fully saturated rings. The predicted octanol–water partition coefficient (Wildman–Crippen LogP) is 3.28. The van der Waals surface area contributed by atoms with Gasteiger partial charge in [-0.1, -0.05) is 11.3 Å². The van der Waals surface area contributed by atoms with Crippen LogP contribution in [0, 0.1) is 14.9 Å². The Morgan fingerprint density at radius 1 is 1.43 bits per heavy atom. The highest BCUT2D eigenvalue weighted by Gasteiger charge is 2.05. The van der Waals surface area contributed by atoms with Gasteiger partial charge in [0.2, 0.25) is 0 Å². The van der Waals surface area contributed by atoms with E-state index < -0.39 is 0 Å². The number of nitriles is 1. The molecule has 0 amide bonds. The van der Waals surface area contributed by atoms with Crippen molar-refractivity contribution in [3.8, 4) is 11.1 Å². The molecule has 0 aliphatic rings. The Morgan fingerprint density at radius 3 is 2.93 bits per heavy atom. The zero-order valence-electron chi connectivity index (χ0n) is 7.12. The van der Waals surface area contributed by atoms with Crippen LogP contribution in [0.2, 0.25) is 0 Å². The molecule has 14 heavy (non-hydrogen) atoms. The Labute approximate surface area is 98.9 Å². The van der Waals surface area contributed by atoms with Crippen molar-refractivity contribution in [1.82, 2.24) is 0 Å². The summed E-state index contributed by atoms with van der Waals surface area (Å²) in [7, 11) is 0. The van der Waals surface area contributed by atoms with E-state index in [4.69, 9.17) is 5.26 Å². The summed E-state index contributed by atoms with van der Waals surface area (Å²) in [5, 5.41) is 19.3. The first-order valence-corrected chi connectivity index (χ1v) is 5.88. The van der Waals surface area contributed by atoms with Gasteiger partial charge in [0.25, 0.3) is 0 Å². The van der Waals surface area contributed by atoms with Gasteiger partial charge in [0.05, 0.1) is 12.5 Å². The molecule has 2 aromatic rings. The molecule has 0 atom stereocenters. The Balaban J connectivity index is 2.65. The van der Waals surface area contributed by atoms with Crippen molar-refractivity contribution in [2.75, 3.05) is 0 Å². The van der Waals surface area contributed by atoms with E-state index in [0.717, 1.165) is 19.2 Å². The van der Waals surface area contributed by atoms with E-state index in [1.807, 2.05) is 12.1 Å². The van der Waals surface area contributed by atoms with E-state index in [9.17, 15) is 5.11 Å². The number of fused-ring (bicyclic) bond motifs is 1. The van der Waals surface area contributed by atoms with E-state index in [2.05, 4.69) is 28.7 Å². The monoisotopic (exact) mass is 315 g/mol. The largest absolute Gasteiger partial charge is 0.499 e. The van der Waals surface area contributed by atoms with Gasteiger partial charge in [-0.15, -0.1) is 0 Å². The van der Waals surface area contributed by atoms with E-state index >= 15 is 0 Å². The number of rotatable bonds is 1. The zero-order chi connectivity index (χ0) is 10.1. The molecule has 1 heterocycles. The first-order chi connectivity index (χ1) is 6.70. The number of hydrogen-bond acceptors (Lipinski definition) is 3. The fraction of sp³-hybridized carbons (Fsp3) is 0.100. The van der Waals surface area contributed by atoms with Gasteiger partial charge in [-0.3, -0.25) is 0 Å². The number of nitrogens with zero attached hydrogens (tertiary/aromatic N) is 1. The average molecular weight is 315 g/mol. The summed E-state index contributed by atoms with van der Waals surface area (Å²) in [5.41, 5.74) is 1.03. The van der Waals surface area contributed by atoms with E-state index in [0.29, 0.717) is 11.5 Å². The molecule has 2 nitrogen and oxygen atoms in total. The lowest BCUT2D eigenvalue weighted by atomic mass is 10.1. The molecule has 0 unspecified atom stereocenters. The van der Waals surface area contributed by atoms with Crippen LogP contribution in [0.1, 0.15) is 5.56 Å². The van der Waals surface area contributed by atoms with Crippen LogP contribution in [0.3, 0.4) is 0 Å². The lowest BCUT2D eigenvalue weighted by Gasteiger charge is -1.99. The van der Waals surface area contributed by atoms with Crippen molar-refractivity contribution in [3.05, 3.63) is 27.3 Å². The Kier molecular flexibility index (Phi) is 2.61. The third kappa shape index (κ3) is 1.70. The maximum atomic E-state index is 9.32. The minimum atomic E-state index is 0.324. The Morgan fingerprint density at radius 2 is 2.21 bits per heavy atom. The zero-order valence-corrected chi connectivity index (χ0v) is 10.1. The minimum absolute atomic E-state index is 0.324. The second kappa shape index (κ2) is 3.75. The number of aromatic hydroxyl groups is 1. The topological polar surface area (TPSA) is 44.0 Å². The van der Waals surface area contributed by atoms with Gasteiger partial charge >= 0.3 is 0 Å². The van der Waals surface area contributed by atoms with Crippen molar-refractivity contribution in [1.29, 1.82) is 5.26 Å². The third-order valence-electron chi connectivity index (χ3n) is 1.94. The molecule has 0 radical (unpaired) electrons. The van der Waals surface area contributed by atoms with Crippen molar-refractivity contribution in [3.63, 3.8) is 0 Å². The average Bonchev–Trinajstić information content (AvgIpc) is 2.45. The summed E-state index contributed by atoms with van der Waals surface area (Å²) >= 11 is 3.58. The molecular formula is C10H6INOS. The smallest absolute Gasteiger partial charge is 0.172 e. The number of thiophene rings is 1. The molecular weight excluding hydrogens is 309 g/mol. The highest BCUT2D eigenvalue weighted by Crippen LogP contribution is 2.33. The van der Waals surface area contributed by atoms with Gasteiger partial charge in [-0.25, -0.2) is 0 Å². The summed E-state index contributed by atoms with van der Waals surface area (Å²) in [6.07, 6.45) is 0.421. The fourth-order valence-electron chi connectivity index (χ4n) is 1.32. The van der Waals surface area contributed by atoms with Crippen molar-refractivity contribution < 1.29 is 5.11 Å². The molecule has 0 saturated heterocycles. The molecule has 0 saturated carbocycles. The van der Waals surface area contributed by atoms with Crippen molar-refractivity contribution >= 4 is 44.0 Å². The molecule has 1 aromatic heterocycles. The van der Waals surface area contributed by atoms with Gasteiger partial charge in [-0.2, -0.15) is 5.26 Å². The molecule has 4 heteroatoms. The molecule has 1 aromatic carbocycles. The van der Waals surface area contributed by atoms with Gasteiger partial charge in [0.15, 0.2) is 5.06 Å². The van der Waals surface area contributed by atoms with Crippen molar-refractivity contribution in [2.45, 2.75) is 6.42 Å². The fourth-order valence-corrected chi connectivity index (χ4v) is 3.01. The molecule has 0 aliphatic heterocycles. The summed E-state index contributed by atoms with van der Waals surface area (Å²) in [6.45, 7) is 0. The standard InChI is InChI=1S/C10H6INOS/c11-8-5-9-7(4-10(13)14-9)3-6(8)1-2-12/h3-5,13H,1H2. The van der Waals surface area contributed by atoms with Crippen LogP contribution in [-0.4, -0.2) is 5.11 Å². The SMILES string of the molecule is N#CCc1cc2cc(O)sc2cc1I. The molecule has 0 aliphatic carbocycles. The predicted molar refractivity (Wildman–Crippen MR) is 65.5 cm³/mol. The normalized spacial score (nSPS) is 10.3. The molecule has 0 bridgehead atoms. The second-order valence-corrected chi connectivity index (χ2v) is 5.13. The molecule has 0 spiro atoms. The second-order valence-electron chi connectivity index (χ2n) is 2.90. The lowest BCUT2D eigenvalue weighted by molar-refractivity contribution is 0.491. The van der Waals surface area contributed by atoms with E-state index in [1.165, 1.54) is 11.3 Å². The Bertz CT molecular complexity index is 527. The first kappa shape index (κ1) is 9.74. The van der Waals surface area contributed by atoms with Crippen LogP contribution in [0.25, 0.3) is 10.1 Å². The summed E-state index contributed by atoms with van der Waals surface area (Å²) in [6, 6.07) is 7.84. The molecule has 70 valence electrons. The van der Waals surface area contributed by atoms with Crippen LogP contribution in [-0.2, 0) is 6.42 Å². The maximum Gasteiger partial charge on any atom is 0.172 e. The van der Waals surface area contributed by atoms with Crippen LogP contribution in [0.4, 0.5) is 0 Å². The quantitative estimate of drug-likeness (QED) is 0.821. The highest BCUT2D eigenvalue weighted by atomic mass is 127.